The molecule has 2 aromatic heterocycles. The van der Waals surface area contributed by atoms with Crippen LogP contribution in [0.25, 0.3) is 22.3 Å². The van der Waals surface area contributed by atoms with Gasteiger partial charge in [-0.3, -0.25) is 19.3 Å². The Morgan fingerprint density at radius 2 is 1.74 bits per heavy atom. The highest BCUT2D eigenvalue weighted by molar-refractivity contribution is 7.15. The quantitative estimate of drug-likeness (QED) is 0.243. The molecular weight excluding hydrogens is 460 g/mol. The largest absolute Gasteiger partial charge is 0.367 e. The van der Waals surface area contributed by atoms with Gasteiger partial charge in [-0.1, -0.05) is 53.8 Å². The fourth-order valence-electron chi connectivity index (χ4n) is 3.95. The monoisotopic (exact) mass is 482 g/mol. The third-order valence-corrected chi connectivity index (χ3v) is 6.82. The van der Waals surface area contributed by atoms with Crippen LogP contribution in [0.5, 0.6) is 0 Å². The number of fused-ring (bicyclic) bond motifs is 1. The highest BCUT2D eigenvalue weighted by Crippen LogP contribution is 2.22. The standard InChI is InChI=1S/C27H22N4O3S/c1-2-29(17-20-6-4-3-5-7-20)22-12-8-19(9-13-22)16-25-26(32)30-18-24(28-27(30)35-25)21-10-14-23(15-11-21)31(33)34/h3-16,18H,2,17H2,1H3/b25-16+. The molecule has 7 nitrogen and oxygen atoms in total. The Kier molecular flexibility index (Phi) is 6.12. The Balaban J connectivity index is 1.38. The van der Waals surface area contributed by atoms with E-state index in [1.807, 2.05) is 24.3 Å². The molecule has 5 rings (SSSR count). The Labute approximate surface area is 205 Å². The number of aromatic nitrogens is 2. The zero-order chi connectivity index (χ0) is 24.4. The highest BCUT2D eigenvalue weighted by Gasteiger charge is 2.12. The number of non-ortho nitro benzene ring substituents is 1. The third-order valence-electron chi connectivity index (χ3n) is 5.83. The molecule has 0 amide bonds. The molecule has 0 aliphatic rings. The van der Waals surface area contributed by atoms with E-state index in [0.29, 0.717) is 15.2 Å². The molecule has 0 bridgehead atoms. The van der Waals surface area contributed by atoms with E-state index < -0.39 is 4.92 Å². The van der Waals surface area contributed by atoms with E-state index in [1.165, 1.54) is 33.4 Å². The molecule has 0 radical (unpaired) electrons. The number of hydrogen-bond acceptors (Lipinski definition) is 6. The highest BCUT2D eigenvalue weighted by atomic mass is 32.1. The Hall–Kier alpha value is -4.30. The zero-order valence-corrected chi connectivity index (χ0v) is 19.8. The molecule has 2 heterocycles. The molecule has 0 saturated heterocycles. The van der Waals surface area contributed by atoms with Gasteiger partial charge in [-0.2, -0.15) is 0 Å². The van der Waals surface area contributed by atoms with Crippen molar-refractivity contribution in [2.45, 2.75) is 13.5 Å². The number of hydrogen-bond donors (Lipinski definition) is 0. The van der Waals surface area contributed by atoms with E-state index in [0.717, 1.165) is 29.9 Å². The van der Waals surface area contributed by atoms with Gasteiger partial charge < -0.3 is 4.90 Å². The van der Waals surface area contributed by atoms with Gasteiger partial charge in [-0.25, -0.2) is 4.98 Å². The van der Waals surface area contributed by atoms with Crippen molar-refractivity contribution in [2.24, 2.45) is 0 Å². The van der Waals surface area contributed by atoms with Crippen LogP contribution in [0.1, 0.15) is 18.1 Å². The number of imidazole rings is 1. The summed E-state index contributed by atoms with van der Waals surface area (Å²) in [6.45, 7) is 3.87. The lowest BCUT2D eigenvalue weighted by atomic mass is 10.1. The van der Waals surface area contributed by atoms with Crippen molar-refractivity contribution in [3.63, 3.8) is 0 Å². The Morgan fingerprint density at radius 1 is 1.03 bits per heavy atom. The van der Waals surface area contributed by atoms with Gasteiger partial charge in [0.2, 0.25) is 0 Å². The van der Waals surface area contributed by atoms with E-state index in [-0.39, 0.29) is 11.2 Å². The normalized spacial score (nSPS) is 11.7. The summed E-state index contributed by atoms with van der Waals surface area (Å²) in [6.07, 6.45) is 3.56. The number of thiazole rings is 1. The number of rotatable bonds is 7. The van der Waals surface area contributed by atoms with Crippen molar-refractivity contribution in [1.29, 1.82) is 0 Å². The van der Waals surface area contributed by atoms with Crippen molar-refractivity contribution in [1.82, 2.24) is 9.38 Å². The number of nitrogens with zero attached hydrogens (tertiary/aromatic N) is 4. The number of benzene rings is 3. The molecule has 5 aromatic rings. The first-order valence-electron chi connectivity index (χ1n) is 11.2. The van der Waals surface area contributed by atoms with Gasteiger partial charge >= 0.3 is 0 Å². The van der Waals surface area contributed by atoms with Crippen LogP contribution in [0.4, 0.5) is 11.4 Å². The van der Waals surface area contributed by atoms with E-state index in [1.54, 1.807) is 18.3 Å². The molecule has 174 valence electrons. The van der Waals surface area contributed by atoms with E-state index in [2.05, 4.69) is 53.2 Å². The summed E-state index contributed by atoms with van der Waals surface area (Å²) in [7, 11) is 0. The summed E-state index contributed by atoms with van der Waals surface area (Å²) < 4.78 is 2.13. The molecule has 0 fully saturated rings. The van der Waals surface area contributed by atoms with E-state index in [9.17, 15) is 14.9 Å². The topological polar surface area (TPSA) is 80.8 Å². The lowest BCUT2D eigenvalue weighted by Crippen LogP contribution is -2.22. The van der Waals surface area contributed by atoms with Crippen LogP contribution in [0.2, 0.25) is 0 Å². The van der Waals surface area contributed by atoms with Crippen LogP contribution in [0.15, 0.2) is 89.9 Å². The second-order valence-electron chi connectivity index (χ2n) is 8.09. The van der Waals surface area contributed by atoms with E-state index in [4.69, 9.17) is 0 Å². The van der Waals surface area contributed by atoms with Crippen molar-refractivity contribution in [3.05, 3.63) is 121 Å². The van der Waals surface area contributed by atoms with Gasteiger partial charge in [-0.15, -0.1) is 0 Å². The second kappa shape index (κ2) is 9.52. The number of nitro groups is 1. The minimum absolute atomic E-state index is 0.0179. The van der Waals surface area contributed by atoms with Crippen molar-refractivity contribution >= 4 is 33.7 Å². The molecular formula is C27H22N4O3S. The lowest BCUT2D eigenvalue weighted by molar-refractivity contribution is -0.384. The molecule has 3 aromatic carbocycles. The first-order valence-corrected chi connectivity index (χ1v) is 12.0. The predicted octanol–water partition coefficient (Wildman–Crippen LogP) is 4.91. The Morgan fingerprint density at radius 3 is 2.37 bits per heavy atom. The summed E-state index contributed by atoms with van der Waals surface area (Å²) in [4.78, 5) is 30.8. The second-order valence-corrected chi connectivity index (χ2v) is 9.10. The fourth-order valence-corrected chi connectivity index (χ4v) is 4.90. The van der Waals surface area contributed by atoms with E-state index >= 15 is 0 Å². The first-order chi connectivity index (χ1) is 17.0. The summed E-state index contributed by atoms with van der Waals surface area (Å²) in [6, 6.07) is 24.7. The van der Waals surface area contributed by atoms with Gasteiger partial charge in [0.25, 0.3) is 11.2 Å². The fraction of sp³-hybridized carbons (Fsp3) is 0.111. The van der Waals surface area contributed by atoms with Crippen LogP contribution >= 0.6 is 11.3 Å². The van der Waals surface area contributed by atoms with Gasteiger partial charge in [-0.05, 0) is 48.4 Å². The SMILES string of the molecule is CCN(Cc1ccccc1)c1ccc(/C=c2/sc3nc(-c4ccc([N+](=O)[O-])cc4)cn3c2=O)cc1. The first kappa shape index (κ1) is 22.5. The maximum atomic E-state index is 13.0. The molecule has 0 atom stereocenters. The van der Waals surface area contributed by atoms with Gasteiger partial charge in [0.05, 0.1) is 15.1 Å². The summed E-state index contributed by atoms with van der Waals surface area (Å²) >= 11 is 1.32. The van der Waals surface area contributed by atoms with Crippen LogP contribution < -0.4 is 15.0 Å². The summed E-state index contributed by atoms with van der Waals surface area (Å²) in [5.74, 6) is 0. The number of nitro benzene ring substituents is 1. The minimum atomic E-state index is -0.441. The van der Waals surface area contributed by atoms with Gasteiger partial charge in [0.1, 0.15) is 0 Å². The molecule has 0 saturated carbocycles. The molecule has 8 heteroatoms. The summed E-state index contributed by atoms with van der Waals surface area (Å²) in [5.41, 5.74) is 4.56. The molecule has 0 aliphatic carbocycles. The number of anilines is 1. The van der Waals surface area contributed by atoms with Gasteiger partial charge in [0.15, 0.2) is 4.96 Å². The van der Waals surface area contributed by atoms with Gasteiger partial charge in [0, 0.05) is 42.7 Å². The average Bonchev–Trinajstić information content (AvgIpc) is 3.43. The molecule has 0 aliphatic heterocycles. The van der Waals surface area contributed by atoms with Crippen molar-refractivity contribution in [2.75, 3.05) is 11.4 Å². The van der Waals surface area contributed by atoms with Crippen LogP contribution in [0.3, 0.4) is 0 Å². The minimum Gasteiger partial charge on any atom is -0.367 e. The smallest absolute Gasteiger partial charge is 0.274 e. The molecule has 35 heavy (non-hydrogen) atoms. The average molecular weight is 483 g/mol. The molecule has 0 N–H and O–H groups in total. The van der Waals surface area contributed by atoms with Crippen molar-refractivity contribution in [3.8, 4) is 11.3 Å². The van der Waals surface area contributed by atoms with Crippen LogP contribution in [-0.4, -0.2) is 20.9 Å². The lowest BCUT2D eigenvalue weighted by Gasteiger charge is -2.23. The predicted molar refractivity (Wildman–Crippen MR) is 140 cm³/mol. The molecule has 0 unspecified atom stereocenters. The Bertz CT molecular complexity index is 1590. The zero-order valence-electron chi connectivity index (χ0n) is 19.0. The van der Waals surface area contributed by atoms with Crippen molar-refractivity contribution < 1.29 is 4.92 Å². The maximum Gasteiger partial charge on any atom is 0.274 e. The van der Waals surface area contributed by atoms with Crippen LogP contribution in [-0.2, 0) is 6.54 Å². The summed E-state index contributed by atoms with van der Waals surface area (Å²) in [5, 5.41) is 10.9. The maximum absolute atomic E-state index is 13.0. The van der Waals surface area contributed by atoms with Crippen LogP contribution in [0, 0.1) is 10.1 Å². The third kappa shape index (κ3) is 4.69. The molecule has 0 spiro atoms.